The molecule has 0 aromatic carbocycles. The Hall–Kier alpha value is 0.390. The Bertz CT molecular complexity index is 91.7. The zero-order chi connectivity index (χ0) is 9.45. The molecular formula is C10H25NP+. The van der Waals surface area contributed by atoms with Crippen molar-refractivity contribution in [2.45, 2.75) is 33.6 Å². The summed E-state index contributed by atoms with van der Waals surface area (Å²) in [5.74, 6) is 0. The van der Waals surface area contributed by atoms with Crippen LogP contribution < -0.4 is 5.73 Å². The van der Waals surface area contributed by atoms with Gasteiger partial charge in [-0.2, -0.15) is 0 Å². The first-order chi connectivity index (χ1) is 5.74. The summed E-state index contributed by atoms with van der Waals surface area (Å²) in [5, 5.41) is 0. The SMILES string of the molecule is CC[P+](CC)(CC)CCCCN. The number of hydrogen-bond acceptors (Lipinski definition) is 1. The maximum absolute atomic E-state index is 5.49. The van der Waals surface area contributed by atoms with Gasteiger partial charge in [0.25, 0.3) is 0 Å². The van der Waals surface area contributed by atoms with Gasteiger partial charge in [0, 0.05) is 7.26 Å². The maximum atomic E-state index is 5.49. The lowest BCUT2D eigenvalue weighted by Gasteiger charge is -2.23. The molecule has 0 atom stereocenters. The first-order valence-corrected chi connectivity index (χ1v) is 7.82. The summed E-state index contributed by atoms with van der Waals surface area (Å²) in [7, 11) is -0.524. The standard InChI is InChI=1S/C10H25NP/c1-4-12(5-2,6-3)10-8-7-9-11/h4-11H2,1-3H3/q+1. The molecule has 0 fully saturated rings. The van der Waals surface area contributed by atoms with Crippen LogP contribution in [-0.2, 0) is 0 Å². The smallest absolute Gasteiger partial charge is 0.0594 e. The van der Waals surface area contributed by atoms with Crippen molar-refractivity contribution in [2.75, 3.05) is 31.2 Å². The molecule has 0 radical (unpaired) electrons. The highest BCUT2D eigenvalue weighted by Crippen LogP contribution is 2.58. The summed E-state index contributed by atoms with van der Waals surface area (Å²) in [4.78, 5) is 0. The molecule has 0 aromatic rings. The van der Waals surface area contributed by atoms with Crippen molar-refractivity contribution in [1.82, 2.24) is 0 Å². The van der Waals surface area contributed by atoms with E-state index in [0.29, 0.717) is 0 Å². The van der Waals surface area contributed by atoms with E-state index in [9.17, 15) is 0 Å². The van der Waals surface area contributed by atoms with Gasteiger partial charge in [-0.1, -0.05) is 0 Å². The minimum absolute atomic E-state index is 0.524. The summed E-state index contributed by atoms with van der Waals surface area (Å²) in [6.45, 7) is 7.97. The Labute approximate surface area is 78.4 Å². The number of unbranched alkanes of at least 4 members (excludes halogenated alkanes) is 1. The molecule has 12 heavy (non-hydrogen) atoms. The van der Waals surface area contributed by atoms with Crippen molar-refractivity contribution < 1.29 is 0 Å². The van der Waals surface area contributed by atoms with Crippen LogP contribution in [0.2, 0.25) is 0 Å². The zero-order valence-corrected chi connectivity index (χ0v) is 9.87. The molecule has 0 saturated carbocycles. The topological polar surface area (TPSA) is 26.0 Å². The minimum Gasteiger partial charge on any atom is -0.330 e. The minimum atomic E-state index is -0.524. The third kappa shape index (κ3) is 3.87. The predicted molar refractivity (Wildman–Crippen MR) is 61.7 cm³/mol. The number of rotatable bonds is 7. The molecule has 0 aliphatic heterocycles. The summed E-state index contributed by atoms with van der Waals surface area (Å²) >= 11 is 0. The number of nitrogens with two attached hydrogens (primary N) is 1. The third-order valence-corrected chi connectivity index (χ3v) is 8.39. The lowest BCUT2D eigenvalue weighted by molar-refractivity contribution is 0.806. The molecular weight excluding hydrogens is 165 g/mol. The van der Waals surface area contributed by atoms with Gasteiger partial charge in [0.15, 0.2) is 0 Å². The van der Waals surface area contributed by atoms with Gasteiger partial charge in [-0.25, -0.2) is 0 Å². The van der Waals surface area contributed by atoms with E-state index in [2.05, 4.69) is 20.8 Å². The maximum Gasteiger partial charge on any atom is 0.0594 e. The Balaban J connectivity index is 3.76. The van der Waals surface area contributed by atoms with Gasteiger partial charge in [-0.05, 0) is 40.2 Å². The fourth-order valence-corrected chi connectivity index (χ4v) is 4.92. The molecule has 0 amide bonds. The van der Waals surface area contributed by atoms with E-state index in [1.807, 2.05) is 0 Å². The molecule has 0 rings (SSSR count). The monoisotopic (exact) mass is 190 g/mol. The molecule has 0 unspecified atom stereocenters. The van der Waals surface area contributed by atoms with Crippen LogP contribution in [0.1, 0.15) is 33.6 Å². The van der Waals surface area contributed by atoms with E-state index in [4.69, 9.17) is 5.73 Å². The van der Waals surface area contributed by atoms with Crippen molar-refractivity contribution in [2.24, 2.45) is 5.73 Å². The van der Waals surface area contributed by atoms with Gasteiger partial charge < -0.3 is 5.73 Å². The Morgan fingerprint density at radius 1 is 0.917 bits per heavy atom. The summed E-state index contributed by atoms with van der Waals surface area (Å²) in [5.41, 5.74) is 5.49. The van der Waals surface area contributed by atoms with Gasteiger partial charge in [0.1, 0.15) is 0 Å². The highest BCUT2D eigenvalue weighted by atomic mass is 31.2. The molecule has 0 saturated heterocycles. The van der Waals surface area contributed by atoms with E-state index < -0.39 is 7.26 Å². The largest absolute Gasteiger partial charge is 0.330 e. The predicted octanol–water partition coefficient (Wildman–Crippen LogP) is 2.80. The van der Waals surface area contributed by atoms with Crippen LogP contribution in [0.5, 0.6) is 0 Å². The van der Waals surface area contributed by atoms with Crippen LogP contribution in [0.3, 0.4) is 0 Å². The molecule has 2 heteroatoms. The second-order valence-electron chi connectivity index (χ2n) is 3.51. The van der Waals surface area contributed by atoms with E-state index in [1.54, 1.807) is 0 Å². The van der Waals surface area contributed by atoms with Crippen LogP contribution >= 0.6 is 7.26 Å². The molecule has 2 N–H and O–H groups in total. The van der Waals surface area contributed by atoms with Crippen molar-refractivity contribution in [3.8, 4) is 0 Å². The van der Waals surface area contributed by atoms with E-state index in [1.165, 1.54) is 37.5 Å². The van der Waals surface area contributed by atoms with E-state index in [-0.39, 0.29) is 0 Å². The van der Waals surface area contributed by atoms with Crippen LogP contribution in [-0.4, -0.2) is 31.2 Å². The van der Waals surface area contributed by atoms with Crippen molar-refractivity contribution >= 4 is 7.26 Å². The molecule has 0 aliphatic carbocycles. The molecule has 0 spiro atoms. The molecule has 0 heterocycles. The summed E-state index contributed by atoms with van der Waals surface area (Å²) < 4.78 is 0. The van der Waals surface area contributed by atoms with Crippen molar-refractivity contribution in [3.63, 3.8) is 0 Å². The second-order valence-corrected chi connectivity index (χ2v) is 8.54. The molecule has 1 nitrogen and oxygen atoms in total. The second kappa shape index (κ2) is 6.86. The molecule has 74 valence electrons. The van der Waals surface area contributed by atoms with Crippen LogP contribution in [0.15, 0.2) is 0 Å². The Morgan fingerprint density at radius 3 is 1.75 bits per heavy atom. The molecule has 0 bridgehead atoms. The lowest BCUT2D eigenvalue weighted by atomic mass is 10.3. The van der Waals surface area contributed by atoms with Crippen molar-refractivity contribution in [3.05, 3.63) is 0 Å². The third-order valence-electron chi connectivity index (χ3n) is 3.10. The van der Waals surface area contributed by atoms with Crippen LogP contribution in [0.25, 0.3) is 0 Å². The fraction of sp³-hybridized carbons (Fsp3) is 1.00. The van der Waals surface area contributed by atoms with Gasteiger partial charge in [-0.15, -0.1) is 0 Å². The average molecular weight is 190 g/mol. The molecule has 0 aromatic heterocycles. The highest BCUT2D eigenvalue weighted by Gasteiger charge is 2.29. The number of hydrogen-bond donors (Lipinski definition) is 1. The van der Waals surface area contributed by atoms with Gasteiger partial charge in [0.05, 0.1) is 24.6 Å². The lowest BCUT2D eigenvalue weighted by Crippen LogP contribution is -2.09. The fourth-order valence-electron chi connectivity index (χ4n) is 1.74. The van der Waals surface area contributed by atoms with Crippen molar-refractivity contribution in [1.29, 1.82) is 0 Å². The van der Waals surface area contributed by atoms with Crippen LogP contribution in [0.4, 0.5) is 0 Å². The van der Waals surface area contributed by atoms with E-state index >= 15 is 0 Å². The highest BCUT2D eigenvalue weighted by molar-refractivity contribution is 7.75. The Kier molecular flexibility index (Phi) is 7.08. The summed E-state index contributed by atoms with van der Waals surface area (Å²) in [6.07, 6.45) is 8.37. The molecule has 0 aliphatic rings. The van der Waals surface area contributed by atoms with Gasteiger partial charge in [0.2, 0.25) is 0 Å². The van der Waals surface area contributed by atoms with Crippen LogP contribution in [0, 0.1) is 0 Å². The summed E-state index contributed by atoms with van der Waals surface area (Å²) in [6, 6.07) is 0. The normalized spacial score (nSPS) is 12.0. The van der Waals surface area contributed by atoms with Gasteiger partial charge >= 0.3 is 0 Å². The Morgan fingerprint density at radius 2 is 1.42 bits per heavy atom. The van der Waals surface area contributed by atoms with E-state index in [0.717, 1.165) is 6.54 Å². The average Bonchev–Trinajstić information content (AvgIpc) is 2.14. The quantitative estimate of drug-likeness (QED) is 0.485. The zero-order valence-electron chi connectivity index (χ0n) is 8.97. The van der Waals surface area contributed by atoms with Gasteiger partial charge in [-0.3, -0.25) is 0 Å². The first-order valence-electron chi connectivity index (χ1n) is 5.29. The first kappa shape index (κ1) is 12.4.